The van der Waals surface area contributed by atoms with Crippen molar-refractivity contribution >= 4 is 23.4 Å². The molecule has 222 valence electrons. The van der Waals surface area contributed by atoms with Gasteiger partial charge in [-0.15, -0.1) is 10.2 Å². The number of benzene rings is 3. The maximum atomic E-state index is 13.2. The van der Waals surface area contributed by atoms with Gasteiger partial charge in [0.2, 0.25) is 5.91 Å². The fourth-order valence-corrected chi connectivity index (χ4v) is 4.51. The van der Waals surface area contributed by atoms with Crippen molar-refractivity contribution in [2.45, 2.75) is 38.0 Å². The fourth-order valence-electron chi connectivity index (χ4n) is 3.74. The van der Waals surface area contributed by atoms with Crippen LogP contribution in [0.25, 0.3) is 5.69 Å². The Morgan fingerprint density at radius 1 is 0.857 bits per heavy atom. The van der Waals surface area contributed by atoms with E-state index in [0.717, 1.165) is 17.3 Å². The summed E-state index contributed by atoms with van der Waals surface area (Å²) in [5.74, 6) is 0.377. The second-order valence-electron chi connectivity index (χ2n) is 8.89. The van der Waals surface area contributed by atoms with Crippen molar-refractivity contribution in [3.05, 3.63) is 89.2 Å². The number of nitrogens with zero attached hydrogens (tertiary/aromatic N) is 3. The van der Waals surface area contributed by atoms with E-state index in [-0.39, 0.29) is 23.6 Å². The number of carbonyl (C=O) groups excluding carboxylic acids is 1. The number of hydrogen-bond acceptors (Lipinski definition) is 6. The first kappa shape index (κ1) is 30.8. The topological polar surface area (TPSA) is 78.3 Å². The zero-order valence-electron chi connectivity index (χ0n) is 22.2. The van der Waals surface area contributed by atoms with Crippen molar-refractivity contribution in [1.29, 1.82) is 0 Å². The van der Waals surface area contributed by atoms with E-state index in [4.69, 9.17) is 9.47 Å². The van der Waals surface area contributed by atoms with Crippen molar-refractivity contribution in [2.24, 2.45) is 0 Å². The Hall–Kier alpha value is -4.20. The molecule has 0 atom stereocenters. The summed E-state index contributed by atoms with van der Waals surface area (Å²) in [7, 11) is 0. The lowest BCUT2D eigenvalue weighted by Gasteiger charge is -2.15. The molecule has 0 saturated carbocycles. The molecular weight excluding hydrogens is 586 g/mol. The van der Waals surface area contributed by atoms with Crippen molar-refractivity contribution < 1.29 is 40.6 Å². The second-order valence-corrected chi connectivity index (χ2v) is 9.84. The highest BCUT2D eigenvalue weighted by Crippen LogP contribution is 2.37. The number of anilines is 1. The summed E-state index contributed by atoms with van der Waals surface area (Å²) in [4.78, 5) is 12.6. The first-order chi connectivity index (χ1) is 19.8. The minimum atomic E-state index is -5.04. The van der Waals surface area contributed by atoms with Crippen LogP contribution in [0.3, 0.4) is 0 Å². The van der Waals surface area contributed by atoms with E-state index >= 15 is 0 Å². The predicted octanol–water partition coefficient (Wildman–Crippen LogP) is 7.32. The predicted molar refractivity (Wildman–Crippen MR) is 144 cm³/mol. The number of ether oxygens (including phenoxy) is 2. The van der Waals surface area contributed by atoms with E-state index in [1.54, 1.807) is 41.0 Å². The summed E-state index contributed by atoms with van der Waals surface area (Å²) >= 11 is 0.894. The summed E-state index contributed by atoms with van der Waals surface area (Å²) in [5, 5.41) is 10.7. The highest BCUT2D eigenvalue weighted by atomic mass is 32.2. The molecule has 14 heteroatoms. The maximum absolute atomic E-state index is 13.2. The lowest BCUT2D eigenvalue weighted by Crippen LogP contribution is -2.17. The van der Waals surface area contributed by atoms with E-state index in [1.165, 1.54) is 0 Å². The van der Waals surface area contributed by atoms with Crippen molar-refractivity contribution in [2.75, 3.05) is 17.7 Å². The minimum Gasteiger partial charge on any atom is -0.494 e. The Morgan fingerprint density at radius 2 is 1.43 bits per heavy atom. The zero-order chi connectivity index (χ0) is 30.5. The van der Waals surface area contributed by atoms with Gasteiger partial charge in [-0.25, -0.2) is 0 Å². The molecule has 1 heterocycles. The third-order valence-corrected chi connectivity index (χ3v) is 6.63. The van der Waals surface area contributed by atoms with E-state index in [2.05, 4.69) is 15.5 Å². The molecule has 1 amide bonds. The number of aromatic nitrogens is 3. The van der Waals surface area contributed by atoms with Gasteiger partial charge in [0.1, 0.15) is 18.1 Å². The third kappa shape index (κ3) is 7.96. The molecular formula is C28H24F6N4O3S. The number of rotatable bonds is 10. The molecule has 0 bridgehead atoms. The van der Waals surface area contributed by atoms with Gasteiger partial charge < -0.3 is 14.8 Å². The molecule has 0 spiro atoms. The second kappa shape index (κ2) is 12.8. The molecule has 0 saturated heterocycles. The molecule has 0 aliphatic rings. The number of halogens is 6. The smallest absolute Gasteiger partial charge is 0.416 e. The fraction of sp³-hybridized carbons (Fsp3) is 0.250. The van der Waals surface area contributed by atoms with Crippen LogP contribution in [0, 0.1) is 6.92 Å². The molecule has 1 N–H and O–H groups in total. The molecule has 1 aromatic heterocycles. The number of amides is 1. The molecule has 0 fully saturated rings. The quantitative estimate of drug-likeness (QED) is 0.150. The Balaban J connectivity index is 1.54. The SMILES string of the molecule is CCOc1ccc(-n2c(COc3ccc(C)cc3)nnc2SCC(=O)Nc2cc(C(F)(F)F)cc(C(F)(F)F)c2)cc1. The Bertz CT molecular complexity index is 1490. The van der Waals surface area contributed by atoms with Gasteiger partial charge in [0.15, 0.2) is 11.0 Å². The lowest BCUT2D eigenvalue weighted by molar-refractivity contribution is -0.143. The largest absolute Gasteiger partial charge is 0.494 e. The summed E-state index contributed by atoms with van der Waals surface area (Å²) < 4.78 is 92.1. The molecule has 0 unspecified atom stereocenters. The van der Waals surface area contributed by atoms with E-state index in [9.17, 15) is 31.1 Å². The Labute approximate surface area is 240 Å². The van der Waals surface area contributed by atoms with Crippen molar-refractivity contribution in [3.63, 3.8) is 0 Å². The summed E-state index contributed by atoms with van der Waals surface area (Å²) in [6.07, 6.45) is -10.1. The molecule has 3 aromatic carbocycles. The maximum Gasteiger partial charge on any atom is 0.416 e. The molecule has 7 nitrogen and oxygen atoms in total. The third-order valence-electron chi connectivity index (χ3n) is 5.70. The highest BCUT2D eigenvalue weighted by molar-refractivity contribution is 7.99. The average Bonchev–Trinajstić information content (AvgIpc) is 3.34. The van der Waals surface area contributed by atoms with Crippen molar-refractivity contribution in [1.82, 2.24) is 14.8 Å². The monoisotopic (exact) mass is 610 g/mol. The van der Waals surface area contributed by atoms with Gasteiger partial charge in [-0.3, -0.25) is 9.36 Å². The van der Waals surface area contributed by atoms with Crippen LogP contribution in [-0.2, 0) is 23.8 Å². The molecule has 0 aliphatic heterocycles. The van der Waals surface area contributed by atoms with Crippen molar-refractivity contribution in [3.8, 4) is 17.2 Å². The molecule has 0 aliphatic carbocycles. The van der Waals surface area contributed by atoms with Gasteiger partial charge in [-0.2, -0.15) is 26.3 Å². The van der Waals surface area contributed by atoms with E-state index in [0.29, 0.717) is 41.8 Å². The Morgan fingerprint density at radius 3 is 2.00 bits per heavy atom. The van der Waals surface area contributed by atoms with E-state index in [1.807, 2.05) is 26.0 Å². The van der Waals surface area contributed by atoms with Crippen LogP contribution < -0.4 is 14.8 Å². The number of carbonyl (C=O) groups is 1. The van der Waals surface area contributed by atoms with Crippen LogP contribution in [0.2, 0.25) is 0 Å². The Kier molecular flexibility index (Phi) is 9.34. The summed E-state index contributed by atoms with van der Waals surface area (Å²) in [5.41, 5.74) is -2.04. The zero-order valence-corrected chi connectivity index (χ0v) is 23.0. The molecule has 4 rings (SSSR count). The summed E-state index contributed by atoms with van der Waals surface area (Å²) in [6.45, 7) is 4.26. The van der Waals surface area contributed by atoms with Crippen LogP contribution in [0.15, 0.2) is 71.9 Å². The van der Waals surface area contributed by atoms with Crippen LogP contribution >= 0.6 is 11.8 Å². The molecule has 4 aromatic rings. The number of alkyl halides is 6. The lowest BCUT2D eigenvalue weighted by atomic mass is 10.1. The van der Waals surface area contributed by atoms with Gasteiger partial charge in [-0.1, -0.05) is 29.5 Å². The number of aryl methyl sites for hydroxylation is 1. The van der Waals surface area contributed by atoms with Gasteiger partial charge in [-0.05, 0) is 68.4 Å². The van der Waals surface area contributed by atoms with Gasteiger partial charge in [0, 0.05) is 11.4 Å². The number of thioether (sulfide) groups is 1. The standard InChI is InChI=1S/C28H24F6N4O3S/c1-3-40-22-10-6-21(7-11-22)38-24(15-41-23-8-4-17(2)5-9-23)36-37-26(38)42-16-25(39)35-20-13-18(27(29,30)31)12-19(14-20)28(32,33)34/h4-14H,3,15-16H2,1-2H3,(H,35,39). The molecule has 42 heavy (non-hydrogen) atoms. The van der Waals surface area contributed by atoms with Crippen LogP contribution in [0.4, 0.5) is 32.0 Å². The van der Waals surface area contributed by atoms with Crippen LogP contribution in [-0.4, -0.2) is 33.0 Å². The number of nitrogens with one attached hydrogen (secondary N) is 1. The normalized spacial score (nSPS) is 11.8. The first-order valence-electron chi connectivity index (χ1n) is 12.4. The first-order valence-corrected chi connectivity index (χ1v) is 13.4. The van der Waals surface area contributed by atoms with Crippen LogP contribution in [0.1, 0.15) is 29.4 Å². The average molecular weight is 611 g/mol. The highest BCUT2D eigenvalue weighted by Gasteiger charge is 2.37. The van der Waals surface area contributed by atoms with Crippen LogP contribution in [0.5, 0.6) is 11.5 Å². The minimum absolute atomic E-state index is 0.0100. The van der Waals surface area contributed by atoms with Gasteiger partial charge >= 0.3 is 12.4 Å². The molecule has 0 radical (unpaired) electrons. The van der Waals surface area contributed by atoms with Gasteiger partial charge in [0.25, 0.3) is 0 Å². The van der Waals surface area contributed by atoms with E-state index < -0.39 is 35.1 Å². The number of hydrogen-bond donors (Lipinski definition) is 1. The summed E-state index contributed by atoms with van der Waals surface area (Å²) in [6, 6.07) is 15.2. The van der Waals surface area contributed by atoms with Gasteiger partial charge in [0.05, 0.1) is 23.5 Å².